The van der Waals surface area contributed by atoms with Crippen LogP contribution in [0.3, 0.4) is 0 Å². The highest BCUT2D eigenvalue weighted by Gasteiger charge is 2.11. The van der Waals surface area contributed by atoms with Gasteiger partial charge in [-0.2, -0.15) is 0 Å². The van der Waals surface area contributed by atoms with E-state index in [1.807, 2.05) is 24.3 Å². The summed E-state index contributed by atoms with van der Waals surface area (Å²) in [5.41, 5.74) is 1.02. The van der Waals surface area contributed by atoms with Crippen molar-refractivity contribution < 1.29 is 14.3 Å². The average molecular weight is 320 g/mol. The van der Waals surface area contributed by atoms with E-state index in [0.717, 1.165) is 17.7 Å². The summed E-state index contributed by atoms with van der Waals surface area (Å²) in [7, 11) is 1.62. The molecular formula is C18H28N2O3. The van der Waals surface area contributed by atoms with E-state index < -0.39 is 0 Å². The van der Waals surface area contributed by atoms with Crippen LogP contribution in [0, 0.1) is 5.92 Å². The molecule has 23 heavy (non-hydrogen) atoms. The first-order chi connectivity index (χ1) is 10.9. The summed E-state index contributed by atoms with van der Waals surface area (Å²) in [4.78, 5) is 25.3. The van der Waals surface area contributed by atoms with E-state index in [9.17, 15) is 9.59 Å². The first-order valence-corrected chi connectivity index (χ1v) is 8.07. The number of methoxy groups -OCH3 is 1. The van der Waals surface area contributed by atoms with Gasteiger partial charge in [0.25, 0.3) is 0 Å². The number of ether oxygens (including phenoxy) is 1. The summed E-state index contributed by atoms with van der Waals surface area (Å²) >= 11 is 0. The molecule has 0 saturated heterocycles. The van der Waals surface area contributed by atoms with Crippen LogP contribution in [-0.2, 0) is 16.1 Å². The van der Waals surface area contributed by atoms with Gasteiger partial charge in [0.2, 0.25) is 11.8 Å². The second kappa shape index (κ2) is 9.87. The molecule has 0 heterocycles. The van der Waals surface area contributed by atoms with Crippen molar-refractivity contribution in [2.45, 2.75) is 40.2 Å². The van der Waals surface area contributed by atoms with Gasteiger partial charge in [-0.05, 0) is 30.0 Å². The molecule has 5 nitrogen and oxygen atoms in total. The van der Waals surface area contributed by atoms with Gasteiger partial charge in [0.05, 0.1) is 7.11 Å². The van der Waals surface area contributed by atoms with Gasteiger partial charge in [-0.1, -0.05) is 26.0 Å². The quantitative estimate of drug-likeness (QED) is 0.761. The van der Waals surface area contributed by atoms with Gasteiger partial charge < -0.3 is 15.0 Å². The summed E-state index contributed by atoms with van der Waals surface area (Å²) in [5, 5.41) is 2.88. The van der Waals surface area contributed by atoms with Crippen molar-refractivity contribution in [1.82, 2.24) is 10.2 Å². The molecule has 1 aromatic carbocycles. The Morgan fingerprint density at radius 2 is 1.83 bits per heavy atom. The third kappa shape index (κ3) is 7.68. The molecule has 0 fully saturated rings. The SMILES string of the molecule is COc1ccc(CNC(=O)CCN(CCC(C)C)C(C)=O)cc1. The predicted molar refractivity (Wildman–Crippen MR) is 91.2 cm³/mol. The van der Waals surface area contributed by atoms with Crippen molar-refractivity contribution in [2.24, 2.45) is 5.92 Å². The van der Waals surface area contributed by atoms with Gasteiger partial charge in [-0.3, -0.25) is 9.59 Å². The molecule has 0 atom stereocenters. The molecule has 0 aliphatic carbocycles. The molecule has 0 radical (unpaired) electrons. The Hall–Kier alpha value is -2.04. The van der Waals surface area contributed by atoms with E-state index >= 15 is 0 Å². The maximum Gasteiger partial charge on any atom is 0.222 e. The second-order valence-electron chi connectivity index (χ2n) is 6.06. The van der Waals surface area contributed by atoms with Crippen LogP contribution in [0.25, 0.3) is 0 Å². The lowest BCUT2D eigenvalue weighted by Crippen LogP contribution is -2.34. The number of hydrogen-bond acceptors (Lipinski definition) is 3. The minimum absolute atomic E-state index is 0.0219. The number of nitrogens with one attached hydrogen (secondary N) is 1. The number of amides is 2. The lowest BCUT2D eigenvalue weighted by molar-refractivity contribution is -0.129. The fourth-order valence-corrected chi connectivity index (χ4v) is 2.11. The van der Waals surface area contributed by atoms with Gasteiger partial charge in [0, 0.05) is 33.0 Å². The number of benzene rings is 1. The Labute approximate surface area is 139 Å². The Morgan fingerprint density at radius 1 is 1.17 bits per heavy atom. The number of carbonyl (C=O) groups excluding carboxylic acids is 2. The van der Waals surface area contributed by atoms with E-state index in [1.165, 1.54) is 0 Å². The number of hydrogen-bond donors (Lipinski definition) is 1. The fraction of sp³-hybridized carbons (Fsp3) is 0.556. The smallest absolute Gasteiger partial charge is 0.222 e. The number of rotatable bonds is 9. The Balaban J connectivity index is 2.35. The zero-order chi connectivity index (χ0) is 17.2. The number of carbonyl (C=O) groups is 2. The Kier molecular flexibility index (Phi) is 8.16. The first-order valence-electron chi connectivity index (χ1n) is 8.07. The summed E-state index contributed by atoms with van der Waals surface area (Å²) in [5.74, 6) is 1.31. The lowest BCUT2D eigenvalue weighted by Gasteiger charge is -2.21. The van der Waals surface area contributed by atoms with E-state index in [1.54, 1.807) is 18.9 Å². The fourth-order valence-electron chi connectivity index (χ4n) is 2.11. The minimum Gasteiger partial charge on any atom is -0.497 e. The van der Waals surface area contributed by atoms with Gasteiger partial charge in [0.15, 0.2) is 0 Å². The van der Waals surface area contributed by atoms with Crippen molar-refractivity contribution in [3.8, 4) is 5.75 Å². The lowest BCUT2D eigenvalue weighted by atomic mass is 10.1. The van der Waals surface area contributed by atoms with Crippen LogP contribution in [0.5, 0.6) is 5.75 Å². The van der Waals surface area contributed by atoms with Crippen LogP contribution >= 0.6 is 0 Å². The highest BCUT2D eigenvalue weighted by Crippen LogP contribution is 2.11. The molecule has 0 bridgehead atoms. The van der Waals surface area contributed by atoms with Gasteiger partial charge >= 0.3 is 0 Å². The molecule has 0 unspecified atom stereocenters. The first kappa shape index (κ1) is 19.0. The molecule has 1 N–H and O–H groups in total. The van der Waals surface area contributed by atoms with Gasteiger partial charge in [-0.25, -0.2) is 0 Å². The molecular weight excluding hydrogens is 292 g/mol. The molecule has 1 rings (SSSR count). The van der Waals surface area contributed by atoms with E-state index in [4.69, 9.17) is 4.74 Å². The standard InChI is InChI=1S/C18H28N2O3/c1-14(2)9-11-20(15(3)21)12-10-18(22)19-13-16-5-7-17(23-4)8-6-16/h5-8,14H,9-13H2,1-4H3,(H,19,22). The molecule has 128 valence electrons. The van der Waals surface area contributed by atoms with Crippen molar-refractivity contribution in [3.63, 3.8) is 0 Å². The maximum atomic E-state index is 11.9. The highest BCUT2D eigenvalue weighted by atomic mass is 16.5. The summed E-state index contributed by atoms with van der Waals surface area (Å²) in [6, 6.07) is 7.57. The second-order valence-corrected chi connectivity index (χ2v) is 6.06. The van der Waals surface area contributed by atoms with Crippen molar-refractivity contribution >= 4 is 11.8 Å². The van der Waals surface area contributed by atoms with E-state index in [-0.39, 0.29) is 11.8 Å². The minimum atomic E-state index is -0.0448. The molecule has 1 aromatic rings. The van der Waals surface area contributed by atoms with E-state index in [2.05, 4.69) is 19.2 Å². The zero-order valence-corrected chi connectivity index (χ0v) is 14.6. The Morgan fingerprint density at radius 3 is 2.35 bits per heavy atom. The maximum absolute atomic E-state index is 11.9. The summed E-state index contributed by atoms with van der Waals surface area (Å²) < 4.78 is 5.10. The molecule has 0 spiro atoms. The van der Waals surface area contributed by atoms with Crippen LogP contribution in [-0.4, -0.2) is 36.9 Å². The third-order valence-corrected chi connectivity index (χ3v) is 3.68. The predicted octanol–water partition coefficient (Wildman–Crippen LogP) is 2.60. The van der Waals surface area contributed by atoms with Gasteiger partial charge in [0.1, 0.15) is 5.75 Å². The molecule has 5 heteroatoms. The van der Waals surface area contributed by atoms with Crippen LogP contribution in [0.1, 0.15) is 39.2 Å². The molecule has 0 saturated carbocycles. The van der Waals surface area contributed by atoms with Crippen LogP contribution in [0.2, 0.25) is 0 Å². The number of nitrogens with zero attached hydrogens (tertiary/aromatic N) is 1. The largest absolute Gasteiger partial charge is 0.497 e. The van der Waals surface area contributed by atoms with E-state index in [0.29, 0.717) is 32.0 Å². The van der Waals surface area contributed by atoms with Crippen molar-refractivity contribution in [1.29, 1.82) is 0 Å². The average Bonchev–Trinajstić information content (AvgIpc) is 2.52. The molecule has 0 aliphatic rings. The topological polar surface area (TPSA) is 58.6 Å². The van der Waals surface area contributed by atoms with Crippen LogP contribution in [0.4, 0.5) is 0 Å². The monoisotopic (exact) mass is 320 g/mol. The zero-order valence-electron chi connectivity index (χ0n) is 14.6. The summed E-state index contributed by atoms with van der Waals surface area (Å²) in [6.45, 7) is 7.46. The van der Waals surface area contributed by atoms with Crippen LogP contribution in [0.15, 0.2) is 24.3 Å². The summed E-state index contributed by atoms with van der Waals surface area (Å²) in [6.07, 6.45) is 1.28. The Bertz CT molecular complexity index is 497. The highest BCUT2D eigenvalue weighted by molar-refractivity contribution is 5.78. The molecule has 0 aliphatic heterocycles. The molecule has 0 aromatic heterocycles. The van der Waals surface area contributed by atoms with Gasteiger partial charge in [-0.15, -0.1) is 0 Å². The van der Waals surface area contributed by atoms with Crippen molar-refractivity contribution in [3.05, 3.63) is 29.8 Å². The third-order valence-electron chi connectivity index (χ3n) is 3.68. The van der Waals surface area contributed by atoms with Crippen LogP contribution < -0.4 is 10.1 Å². The molecule has 2 amide bonds. The normalized spacial score (nSPS) is 10.5. The van der Waals surface area contributed by atoms with Crippen molar-refractivity contribution in [2.75, 3.05) is 20.2 Å².